The second-order valence-corrected chi connectivity index (χ2v) is 2.94. The van der Waals surface area contributed by atoms with Gasteiger partial charge in [-0.1, -0.05) is 37.3 Å². The van der Waals surface area contributed by atoms with E-state index in [0.29, 0.717) is 6.04 Å². The second-order valence-electron chi connectivity index (χ2n) is 2.94. The lowest BCUT2D eigenvalue weighted by Crippen LogP contribution is -2.19. The molecular formula is C11H16N. The third-order valence-corrected chi connectivity index (χ3v) is 1.93. The second kappa shape index (κ2) is 4.94. The van der Waals surface area contributed by atoms with Gasteiger partial charge in [0.1, 0.15) is 0 Å². The van der Waals surface area contributed by atoms with E-state index in [1.807, 2.05) is 6.07 Å². The van der Waals surface area contributed by atoms with Crippen LogP contribution >= 0.6 is 0 Å². The normalized spacial score (nSPS) is 12.8. The summed E-state index contributed by atoms with van der Waals surface area (Å²) in [6, 6.07) is 10.9. The summed E-state index contributed by atoms with van der Waals surface area (Å²) in [4.78, 5) is 0. The van der Waals surface area contributed by atoms with Gasteiger partial charge < -0.3 is 5.32 Å². The summed E-state index contributed by atoms with van der Waals surface area (Å²) in [6.07, 6.45) is 0.942. The van der Waals surface area contributed by atoms with Crippen LogP contribution in [0.25, 0.3) is 0 Å². The lowest BCUT2D eigenvalue weighted by molar-refractivity contribution is 0.580. The van der Waals surface area contributed by atoms with Crippen molar-refractivity contribution in [3.05, 3.63) is 42.8 Å². The van der Waals surface area contributed by atoms with Gasteiger partial charge in [-0.25, -0.2) is 0 Å². The number of hydrogen-bond donors (Lipinski definition) is 1. The van der Waals surface area contributed by atoms with Gasteiger partial charge in [-0.3, -0.25) is 0 Å². The molecule has 1 aromatic rings. The van der Waals surface area contributed by atoms with E-state index in [1.54, 1.807) is 0 Å². The van der Waals surface area contributed by atoms with E-state index in [1.165, 1.54) is 5.56 Å². The fourth-order valence-electron chi connectivity index (χ4n) is 1.18. The Labute approximate surface area is 74.8 Å². The summed E-state index contributed by atoms with van der Waals surface area (Å²) in [5.74, 6) is 0. The molecule has 0 spiro atoms. The summed E-state index contributed by atoms with van der Waals surface area (Å²) in [6.45, 7) is 6.94. The zero-order valence-electron chi connectivity index (χ0n) is 7.59. The molecule has 0 heterocycles. The van der Waals surface area contributed by atoms with Crippen LogP contribution in [0.5, 0.6) is 0 Å². The molecule has 0 aliphatic carbocycles. The molecular weight excluding hydrogens is 146 g/mol. The fraction of sp³-hybridized carbons (Fsp3) is 0.364. The number of rotatable bonds is 4. The molecule has 1 radical (unpaired) electrons. The lowest BCUT2D eigenvalue weighted by Gasteiger charge is -2.12. The first-order valence-corrected chi connectivity index (χ1v) is 4.42. The highest BCUT2D eigenvalue weighted by molar-refractivity contribution is 5.17. The Kier molecular flexibility index (Phi) is 3.81. The van der Waals surface area contributed by atoms with Gasteiger partial charge >= 0.3 is 0 Å². The molecule has 0 bridgehead atoms. The quantitative estimate of drug-likeness (QED) is 0.717. The maximum absolute atomic E-state index is 3.79. The molecule has 0 amide bonds. The maximum atomic E-state index is 3.79. The highest BCUT2D eigenvalue weighted by Gasteiger charge is 2.00. The van der Waals surface area contributed by atoms with E-state index in [4.69, 9.17) is 0 Å². The van der Waals surface area contributed by atoms with Crippen molar-refractivity contribution < 1.29 is 0 Å². The molecule has 1 heteroatoms. The van der Waals surface area contributed by atoms with Gasteiger partial charge in [0.05, 0.1) is 0 Å². The van der Waals surface area contributed by atoms with Gasteiger partial charge in [-0.15, -0.1) is 0 Å². The van der Waals surface area contributed by atoms with Crippen LogP contribution in [-0.4, -0.2) is 6.54 Å². The Morgan fingerprint density at radius 3 is 2.58 bits per heavy atom. The predicted octanol–water partition coefficient (Wildman–Crippen LogP) is 2.56. The Balaban J connectivity index is 2.48. The first-order valence-electron chi connectivity index (χ1n) is 4.42. The third-order valence-electron chi connectivity index (χ3n) is 1.93. The minimum Gasteiger partial charge on any atom is -0.310 e. The van der Waals surface area contributed by atoms with Crippen molar-refractivity contribution in [2.24, 2.45) is 0 Å². The highest BCUT2D eigenvalue weighted by atomic mass is 14.9. The van der Waals surface area contributed by atoms with Crippen LogP contribution in [0.2, 0.25) is 0 Å². The first-order chi connectivity index (χ1) is 5.84. The molecule has 1 unspecified atom stereocenters. The highest BCUT2D eigenvalue weighted by Crippen LogP contribution is 2.10. The molecule has 0 saturated carbocycles. The Morgan fingerprint density at radius 1 is 1.33 bits per heavy atom. The van der Waals surface area contributed by atoms with Crippen LogP contribution < -0.4 is 5.32 Å². The van der Waals surface area contributed by atoms with Crippen LogP contribution in [-0.2, 0) is 0 Å². The molecule has 1 N–H and O–H groups in total. The average Bonchev–Trinajstić information content (AvgIpc) is 2.15. The summed E-state index contributed by atoms with van der Waals surface area (Å²) < 4.78 is 0. The molecule has 0 aromatic heterocycles. The topological polar surface area (TPSA) is 12.0 Å². The summed E-state index contributed by atoms with van der Waals surface area (Å²) in [7, 11) is 0. The van der Waals surface area contributed by atoms with Gasteiger partial charge in [-0.05, 0) is 25.5 Å². The summed E-state index contributed by atoms with van der Waals surface area (Å²) in [5.41, 5.74) is 1.34. The SMILES string of the molecule is [CH2]CCNC(C)c1ccccc1. The summed E-state index contributed by atoms with van der Waals surface area (Å²) in [5, 5.41) is 3.39. The van der Waals surface area contributed by atoms with Gasteiger partial charge in [0.15, 0.2) is 0 Å². The van der Waals surface area contributed by atoms with Crippen LogP contribution in [0.1, 0.15) is 24.9 Å². The molecule has 0 aliphatic rings. The fourth-order valence-corrected chi connectivity index (χ4v) is 1.18. The smallest absolute Gasteiger partial charge is 0.0291 e. The van der Waals surface area contributed by atoms with Crippen LogP contribution in [0.15, 0.2) is 30.3 Å². The molecule has 1 nitrogen and oxygen atoms in total. The predicted molar refractivity (Wildman–Crippen MR) is 52.8 cm³/mol. The van der Waals surface area contributed by atoms with E-state index in [-0.39, 0.29) is 0 Å². The van der Waals surface area contributed by atoms with Gasteiger partial charge in [0.25, 0.3) is 0 Å². The summed E-state index contributed by atoms with van der Waals surface area (Å²) >= 11 is 0. The van der Waals surface area contributed by atoms with Crippen molar-refractivity contribution in [3.63, 3.8) is 0 Å². The van der Waals surface area contributed by atoms with Crippen LogP contribution in [0.3, 0.4) is 0 Å². The van der Waals surface area contributed by atoms with Crippen molar-refractivity contribution in [1.29, 1.82) is 0 Å². The van der Waals surface area contributed by atoms with E-state index < -0.39 is 0 Å². The van der Waals surface area contributed by atoms with Crippen LogP contribution in [0.4, 0.5) is 0 Å². The molecule has 1 rings (SSSR count). The van der Waals surface area contributed by atoms with Crippen molar-refractivity contribution in [1.82, 2.24) is 5.32 Å². The van der Waals surface area contributed by atoms with Gasteiger partial charge in [-0.2, -0.15) is 0 Å². The van der Waals surface area contributed by atoms with Crippen molar-refractivity contribution in [3.8, 4) is 0 Å². The monoisotopic (exact) mass is 162 g/mol. The standard InChI is InChI=1S/C11H16N/c1-3-9-12-10(2)11-7-5-4-6-8-11/h4-8,10,12H,1,3,9H2,2H3. The van der Waals surface area contributed by atoms with Gasteiger partial charge in [0.2, 0.25) is 0 Å². The average molecular weight is 162 g/mol. The van der Waals surface area contributed by atoms with Gasteiger partial charge in [0, 0.05) is 6.04 Å². The maximum Gasteiger partial charge on any atom is 0.0291 e. The lowest BCUT2D eigenvalue weighted by atomic mass is 10.1. The Bertz CT molecular complexity index is 206. The molecule has 0 saturated heterocycles. The molecule has 1 aromatic carbocycles. The van der Waals surface area contributed by atoms with Crippen LogP contribution in [0, 0.1) is 6.92 Å². The Hall–Kier alpha value is -0.820. The Morgan fingerprint density at radius 2 is 2.00 bits per heavy atom. The number of hydrogen-bond acceptors (Lipinski definition) is 1. The van der Waals surface area contributed by atoms with E-state index in [9.17, 15) is 0 Å². The first kappa shape index (κ1) is 9.27. The zero-order chi connectivity index (χ0) is 8.81. The third kappa shape index (κ3) is 2.67. The molecule has 0 aliphatic heterocycles. The van der Waals surface area contributed by atoms with Crippen molar-refractivity contribution in [2.45, 2.75) is 19.4 Å². The van der Waals surface area contributed by atoms with E-state index in [0.717, 1.165) is 13.0 Å². The van der Waals surface area contributed by atoms with Crippen molar-refractivity contribution in [2.75, 3.05) is 6.54 Å². The minimum absolute atomic E-state index is 0.438. The molecule has 0 fully saturated rings. The van der Waals surface area contributed by atoms with E-state index in [2.05, 4.69) is 43.4 Å². The largest absolute Gasteiger partial charge is 0.310 e. The van der Waals surface area contributed by atoms with Crippen molar-refractivity contribution >= 4 is 0 Å². The van der Waals surface area contributed by atoms with E-state index >= 15 is 0 Å². The number of benzene rings is 1. The molecule has 1 atom stereocenters. The molecule has 65 valence electrons. The minimum atomic E-state index is 0.438. The number of nitrogens with one attached hydrogen (secondary N) is 1. The zero-order valence-corrected chi connectivity index (χ0v) is 7.59. The molecule has 12 heavy (non-hydrogen) atoms.